The molecular weight excluding hydrogens is 220 g/mol. The first-order chi connectivity index (χ1) is 8.26. The van der Waals surface area contributed by atoms with Crippen molar-refractivity contribution in [3.05, 3.63) is 29.8 Å². The van der Waals surface area contributed by atoms with E-state index in [1.807, 2.05) is 6.07 Å². The average molecular weight is 234 g/mol. The Morgan fingerprint density at radius 2 is 2.12 bits per heavy atom. The molecule has 1 amide bonds. The predicted molar refractivity (Wildman–Crippen MR) is 61.3 cm³/mol. The lowest BCUT2D eigenvalue weighted by Gasteiger charge is -2.05. The molecule has 0 bridgehead atoms. The molecule has 0 radical (unpaired) electrons. The van der Waals surface area contributed by atoms with E-state index in [0.717, 1.165) is 5.56 Å². The Hall–Kier alpha value is -2.06. The Morgan fingerprint density at radius 3 is 2.71 bits per heavy atom. The van der Waals surface area contributed by atoms with Gasteiger partial charge in [-0.1, -0.05) is 12.1 Å². The standard InChI is InChI=1S/C12H14N2O3/c13-5-8-17-11-3-1-10(2-4-11)9-12(16)14-6-7-15/h1-4,15H,6-9H2,(H,14,16). The van der Waals surface area contributed by atoms with Crippen molar-refractivity contribution in [2.45, 2.75) is 6.42 Å². The second kappa shape index (κ2) is 7.25. The maximum atomic E-state index is 11.3. The van der Waals surface area contributed by atoms with Gasteiger partial charge in [0.1, 0.15) is 11.8 Å². The molecule has 0 saturated heterocycles. The fourth-order valence-electron chi connectivity index (χ4n) is 1.26. The van der Waals surface area contributed by atoms with E-state index in [-0.39, 0.29) is 32.1 Å². The van der Waals surface area contributed by atoms with Crippen LogP contribution in [0.5, 0.6) is 5.75 Å². The number of aliphatic hydroxyl groups excluding tert-OH is 1. The van der Waals surface area contributed by atoms with E-state index in [1.165, 1.54) is 0 Å². The monoisotopic (exact) mass is 234 g/mol. The van der Waals surface area contributed by atoms with Gasteiger partial charge in [0.05, 0.1) is 13.0 Å². The highest BCUT2D eigenvalue weighted by Crippen LogP contribution is 2.12. The summed E-state index contributed by atoms with van der Waals surface area (Å²) < 4.78 is 5.09. The van der Waals surface area contributed by atoms with Crippen LogP contribution in [0.15, 0.2) is 24.3 Å². The zero-order chi connectivity index (χ0) is 12.5. The third-order valence-electron chi connectivity index (χ3n) is 2.03. The quantitative estimate of drug-likeness (QED) is 0.738. The zero-order valence-corrected chi connectivity index (χ0v) is 9.35. The Labute approximate surface area is 99.6 Å². The molecule has 0 aliphatic heterocycles. The van der Waals surface area contributed by atoms with E-state index in [2.05, 4.69) is 5.32 Å². The van der Waals surface area contributed by atoms with Gasteiger partial charge in [-0.25, -0.2) is 0 Å². The minimum atomic E-state index is -0.134. The highest BCUT2D eigenvalue weighted by molar-refractivity contribution is 5.78. The Kier molecular flexibility index (Phi) is 5.55. The van der Waals surface area contributed by atoms with Crippen molar-refractivity contribution in [3.63, 3.8) is 0 Å². The molecule has 0 atom stereocenters. The molecule has 1 aromatic rings. The van der Waals surface area contributed by atoms with Crippen molar-refractivity contribution in [1.29, 1.82) is 5.26 Å². The fourth-order valence-corrected chi connectivity index (χ4v) is 1.26. The summed E-state index contributed by atoms with van der Waals surface area (Å²) in [6, 6.07) is 8.84. The maximum absolute atomic E-state index is 11.3. The summed E-state index contributed by atoms with van der Waals surface area (Å²) in [5, 5.41) is 19.4. The summed E-state index contributed by atoms with van der Waals surface area (Å²) in [4.78, 5) is 11.3. The van der Waals surface area contributed by atoms with Gasteiger partial charge in [0.15, 0.2) is 6.61 Å². The van der Waals surface area contributed by atoms with Crippen molar-refractivity contribution in [1.82, 2.24) is 5.32 Å². The number of hydrogen-bond acceptors (Lipinski definition) is 4. The molecule has 0 fully saturated rings. The highest BCUT2D eigenvalue weighted by atomic mass is 16.5. The fraction of sp³-hybridized carbons (Fsp3) is 0.333. The van der Waals surface area contributed by atoms with Crippen LogP contribution in [0.4, 0.5) is 0 Å². The summed E-state index contributed by atoms with van der Waals surface area (Å²) in [5.41, 5.74) is 0.852. The number of benzene rings is 1. The van der Waals surface area contributed by atoms with Crippen LogP contribution in [0, 0.1) is 11.3 Å². The number of rotatable bonds is 6. The molecule has 0 aliphatic rings. The number of nitrogens with zero attached hydrogens (tertiary/aromatic N) is 1. The van der Waals surface area contributed by atoms with Crippen molar-refractivity contribution < 1.29 is 14.6 Å². The van der Waals surface area contributed by atoms with Gasteiger partial charge in [0.2, 0.25) is 5.91 Å². The number of aliphatic hydroxyl groups is 1. The van der Waals surface area contributed by atoms with Gasteiger partial charge in [0, 0.05) is 6.54 Å². The minimum Gasteiger partial charge on any atom is -0.479 e. The van der Waals surface area contributed by atoms with Gasteiger partial charge < -0.3 is 15.2 Å². The number of amides is 1. The van der Waals surface area contributed by atoms with Crippen molar-refractivity contribution >= 4 is 5.91 Å². The molecule has 0 unspecified atom stereocenters. The first-order valence-corrected chi connectivity index (χ1v) is 5.22. The van der Waals surface area contributed by atoms with Crippen molar-refractivity contribution in [2.24, 2.45) is 0 Å². The normalized spacial score (nSPS) is 9.41. The first kappa shape index (κ1) is 13.0. The SMILES string of the molecule is N#CCOc1ccc(CC(=O)NCCO)cc1. The maximum Gasteiger partial charge on any atom is 0.224 e. The van der Waals surface area contributed by atoms with Crippen LogP contribution >= 0.6 is 0 Å². The van der Waals surface area contributed by atoms with Gasteiger partial charge in [-0.2, -0.15) is 5.26 Å². The van der Waals surface area contributed by atoms with Crippen LogP contribution in [0.2, 0.25) is 0 Å². The molecule has 17 heavy (non-hydrogen) atoms. The molecule has 0 aromatic heterocycles. The number of ether oxygens (including phenoxy) is 1. The second-order valence-corrected chi connectivity index (χ2v) is 3.34. The lowest BCUT2D eigenvalue weighted by molar-refractivity contribution is -0.120. The summed E-state index contributed by atoms with van der Waals surface area (Å²) >= 11 is 0. The average Bonchev–Trinajstić information content (AvgIpc) is 2.35. The predicted octanol–water partition coefficient (Wildman–Crippen LogP) is 0.240. The lowest BCUT2D eigenvalue weighted by Crippen LogP contribution is -2.27. The molecule has 1 aromatic carbocycles. The van der Waals surface area contributed by atoms with Crippen LogP contribution in [0.25, 0.3) is 0 Å². The van der Waals surface area contributed by atoms with E-state index in [9.17, 15) is 4.79 Å². The van der Waals surface area contributed by atoms with Gasteiger partial charge >= 0.3 is 0 Å². The molecule has 0 spiro atoms. The van der Waals surface area contributed by atoms with Gasteiger partial charge in [0.25, 0.3) is 0 Å². The van der Waals surface area contributed by atoms with Gasteiger partial charge in [-0.05, 0) is 17.7 Å². The molecule has 90 valence electrons. The Morgan fingerprint density at radius 1 is 1.41 bits per heavy atom. The van der Waals surface area contributed by atoms with Gasteiger partial charge in [-0.15, -0.1) is 0 Å². The molecule has 5 nitrogen and oxygen atoms in total. The topological polar surface area (TPSA) is 82.3 Å². The van der Waals surface area contributed by atoms with Crippen LogP contribution in [-0.4, -0.2) is 30.8 Å². The van der Waals surface area contributed by atoms with E-state index in [0.29, 0.717) is 5.75 Å². The van der Waals surface area contributed by atoms with E-state index in [4.69, 9.17) is 15.1 Å². The number of carbonyl (C=O) groups is 1. The third kappa shape index (κ3) is 5.00. The zero-order valence-electron chi connectivity index (χ0n) is 9.35. The van der Waals surface area contributed by atoms with Crippen LogP contribution in [0.3, 0.4) is 0 Å². The molecular formula is C12H14N2O3. The number of hydrogen-bond donors (Lipinski definition) is 2. The largest absolute Gasteiger partial charge is 0.479 e. The van der Waals surface area contributed by atoms with Crippen LogP contribution in [0.1, 0.15) is 5.56 Å². The lowest BCUT2D eigenvalue weighted by atomic mass is 10.1. The molecule has 0 heterocycles. The van der Waals surface area contributed by atoms with Crippen LogP contribution in [-0.2, 0) is 11.2 Å². The summed E-state index contributed by atoms with van der Waals surface area (Å²) in [5.74, 6) is 0.468. The van der Waals surface area contributed by atoms with E-state index >= 15 is 0 Å². The molecule has 1 rings (SSSR count). The highest BCUT2D eigenvalue weighted by Gasteiger charge is 2.02. The first-order valence-electron chi connectivity index (χ1n) is 5.22. The minimum absolute atomic E-state index is 0.0103. The van der Waals surface area contributed by atoms with Crippen molar-refractivity contribution in [2.75, 3.05) is 19.8 Å². The summed E-state index contributed by atoms with van der Waals surface area (Å²) in [7, 11) is 0. The summed E-state index contributed by atoms with van der Waals surface area (Å²) in [6.45, 7) is 0.213. The Bertz CT molecular complexity index is 395. The van der Waals surface area contributed by atoms with Crippen molar-refractivity contribution in [3.8, 4) is 11.8 Å². The van der Waals surface area contributed by atoms with E-state index < -0.39 is 0 Å². The number of carbonyl (C=O) groups excluding carboxylic acids is 1. The summed E-state index contributed by atoms with van der Waals surface area (Å²) in [6.07, 6.45) is 0.262. The molecule has 0 aliphatic carbocycles. The third-order valence-corrected chi connectivity index (χ3v) is 2.03. The van der Waals surface area contributed by atoms with Crippen LogP contribution < -0.4 is 10.1 Å². The molecule has 2 N–H and O–H groups in total. The van der Waals surface area contributed by atoms with Gasteiger partial charge in [-0.3, -0.25) is 4.79 Å². The molecule has 0 saturated carbocycles. The number of nitrogens with one attached hydrogen (secondary N) is 1. The Balaban J connectivity index is 2.45. The number of nitriles is 1. The smallest absolute Gasteiger partial charge is 0.224 e. The second-order valence-electron chi connectivity index (χ2n) is 3.34. The molecule has 5 heteroatoms. The van der Waals surface area contributed by atoms with E-state index in [1.54, 1.807) is 24.3 Å².